The van der Waals surface area contributed by atoms with Crippen molar-refractivity contribution in [3.8, 4) is 17.1 Å². The summed E-state index contributed by atoms with van der Waals surface area (Å²) >= 11 is 12.2. The normalized spacial score (nSPS) is 11.0. The van der Waals surface area contributed by atoms with Gasteiger partial charge in [-0.05, 0) is 30.7 Å². The van der Waals surface area contributed by atoms with E-state index < -0.39 is 6.61 Å². The molecule has 0 saturated carbocycles. The van der Waals surface area contributed by atoms with E-state index in [0.29, 0.717) is 33.7 Å². The van der Waals surface area contributed by atoms with Crippen LogP contribution in [0.15, 0.2) is 24.3 Å². The number of hydrogen-bond acceptors (Lipinski definition) is 3. The van der Waals surface area contributed by atoms with Crippen LogP contribution in [0.5, 0.6) is 5.75 Å². The first kappa shape index (κ1) is 15.9. The van der Waals surface area contributed by atoms with E-state index in [4.69, 9.17) is 23.2 Å². The predicted octanol–water partition coefficient (Wildman–Crippen LogP) is 5.00. The molecule has 0 unspecified atom stereocenters. The van der Waals surface area contributed by atoms with E-state index in [1.807, 2.05) is 6.92 Å². The Morgan fingerprint density at radius 1 is 1.10 bits per heavy atom. The van der Waals surface area contributed by atoms with E-state index in [1.54, 1.807) is 12.1 Å². The van der Waals surface area contributed by atoms with Crippen molar-refractivity contribution in [2.75, 3.05) is 0 Å². The lowest BCUT2D eigenvalue weighted by Crippen LogP contribution is -2.01. The second kappa shape index (κ2) is 7.00. The summed E-state index contributed by atoms with van der Waals surface area (Å²) in [6.07, 6.45) is 1.57. The first-order chi connectivity index (χ1) is 10.0. The van der Waals surface area contributed by atoms with Gasteiger partial charge in [-0.1, -0.05) is 36.5 Å². The zero-order valence-corrected chi connectivity index (χ0v) is 12.6. The highest BCUT2D eigenvalue weighted by Crippen LogP contribution is 2.27. The number of ether oxygens (including phenoxy) is 1. The van der Waals surface area contributed by atoms with Crippen LogP contribution in [0.4, 0.5) is 8.78 Å². The minimum Gasteiger partial charge on any atom is -0.435 e. The van der Waals surface area contributed by atoms with Gasteiger partial charge in [0.2, 0.25) is 0 Å². The highest BCUT2D eigenvalue weighted by molar-refractivity contribution is 6.34. The molecule has 0 N–H and O–H groups in total. The molecule has 2 rings (SSSR count). The first-order valence-corrected chi connectivity index (χ1v) is 7.04. The largest absolute Gasteiger partial charge is 0.435 e. The molecule has 0 atom stereocenters. The van der Waals surface area contributed by atoms with Crippen molar-refractivity contribution in [3.63, 3.8) is 0 Å². The predicted molar refractivity (Wildman–Crippen MR) is 78.1 cm³/mol. The fourth-order valence-corrected chi connectivity index (χ4v) is 2.38. The number of nitrogens with zero attached hydrogens (tertiary/aromatic N) is 2. The maximum atomic E-state index is 12.1. The van der Waals surface area contributed by atoms with Gasteiger partial charge in [0.05, 0.1) is 0 Å². The van der Waals surface area contributed by atoms with Gasteiger partial charge in [0.15, 0.2) is 5.82 Å². The average Bonchev–Trinajstić information content (AvgIpc) is 2.43. The standard InChI is InChI=1S/C14H12Cl2F2N2O/c1-2-3-10-11(15)19-13(20-12(10)16)8-4-6-9(7-5-8)21-14(17)18/h4-7,14H,2-3H2,1H3. The quantitative estimate of drug-likeness (QED) is 0.722. The molecule has 21 heavy (non-hydrogen) atoms. The molecule has 0 radical (unpaired) electrons. The Bertz CT molecular complexity index is 598. The molecule has 0 spiro atoms. The monoisotopic (exact) mass is 332 g/mol. The number of hydrogen-bond donors (Lipinski definition) is 0. The second-order valence-electron chi connectivity index (χ2n) is 4.26. The molecule has 7 heteroatoms. The van der Waals surface area contributed by atoms with Crippen LogP contribution in [0.3, 0.4) is 0 Å². The minimum atomic E-state index is -2.86. The first-order valence-electron chi connectivity index (χ1n) is 6.28. The van der Waals surface area contributed by atoms with Crippen molar-refractivity contribution in [2.24, 2.45) is 0 Å². The van der Waals surface area contributed by atoms with E-state index >= 15 is 0 Å². The van der Waals surface area contributed by atoms with Gasteiger partial charge in [-0.25, -0.2) is 9.97 Å². The molecular formula is C14H12Cl2F2N2O. The van der Waals surface area contributed by atoms with Gasteiger partial charge in [0, 0.05) is 11.1 Å². The molecule has 0 bridgehead atoms. The molecule has 0 aliphatic rings. The van der Waals surface area contributed by atoms with Gasteiger partial charge in [0.25, 0.3) is 0 Å². The zero-order chi connectivity index (χ0) is 15.4. The third-order valence-electron chi connectivity index (χ3n) is 2.74. The molecular weight excluding hydrogens is 321 g/mol. The van der Waals surface area contributed by atoms with Crippen LogP contribution < -0.4 is 4.74 Å². The van der Waals surface area contributed by atoms with Crippen LogP contribution in [-0.4, -0.2) is 16.6 Å². The molecule has 0 fully saturated rings. The van der Waals surface area contributed by atoms with Crippen LogP contribution in [0.2, 0.25) is 10.3 Å². The van der Waals surface area contributed by atoms with Gasteiger partial charge in [-0.2, -0.15) is 8.78 Å². The lowest BCUT2D eigenvalue weighted by Gasteiger charge is -2.08. The van der Waals surface area contributed by atoms with E-state index in [-0.39, 0.29) is 5.75 Å². The van der Waals surface area contributed by atoms with Crippen molar-refractivity contribution in [1.29, 1.82) is 0 Å². The van der Waals surface area contributed by atoms with Crippen LogP contribution in [0.1, 0.15) is 18.9 Å². The Morgan fingerprint density at radius 3 is 2.14 bits per heavy atom. The fraction of sp³-hybridized carbons (Fsp3) is 0.286. The topological polar surface area (TPSA) is 35.0 Å². The maximum Gasteiger partial charge on any atom is 0.387 e. The molecule has 3 nitrogen and oxygen atoms in total. The minimum absolute atomic E-state index is 0.0635. The van der Waals surface area contributed by atoms with E-state index in [9.17, 15) is 8.78 Å². The van der Waals surface area contributed by atoms with Gasteiger partial charge in [-0.3, -0.25) is 0 Å². The van der Waals surface area contributed by atoms with Crippen molar-refractivity contribution >= 4 is 23.2 Å². The number of benzene rings is 1. The summed E-state index contributed by atoms with van der Waals surface area (Å²) in [6, 6.07) is 5.96. The Hall–Kier alpha value is -1.46. The zero-order valence-electron chi connectivity index (χ0n) is 11.1. The van der Waals surface area contributed by atoms with Gasteiger partial charge < -0.3 is 4.74 Å². The van der Waals surface area contributed by atoms with Crippen molar-refractivity contribution in [3.05, 3.63) is 40.1 Å². The van der Waals surface area contributed by atoms with Crippen molar-refractivity contribution in [1.82, 2.24) is 9.97 Å². The van der Waals surface area contributed by atoms with E-state index in [2.05, 4.69) is 14.7 Å². The van der Waals surface area contributed by atoms with Crippen molar-refractivity contribution in [2.45, 2.75) is 26.4 Å². The molecule has 1 aromatic carbocycles. The molecule has 2 aromatic rings. The Morgan fingerprint density at radius 2 is 1.67 bits per heavy atom. The molecule has 112 valence electrons. The summed E-state index contributed by atoms with van der Waals surface area (Å²) in [5, 5.41) is 0.611. The summed E-state index contributed by atoms with van der Waals surface area (Å²) in [7, 11) is 0. The Kier molecular flexibility index (Phi) is 5.31. The Balaban J connectivity index is 2.30. The lowest BCUT2D eigenvalue weighted by molar-refractivity contribution is -0.0498. The van der Waals surface area contributed by atoms with E-state index in [1.165, 1.54) is 12.1 Å². The van der Waals surface area contributed by atoms with Gasteiger partial charge in [-0.15, -0.1) is 0 Å². The van der Waals surface area contributed by atoms with Crippen LogP contribution in [0, 0.1) is 0 Å². The molecule has 0 amide bonds. The summed E-state index contributed by atoms with van der Waals surface area (Å²) in [5.74, 6) is 0.405. The Labute approximate surface area is 130 Å². The summed E-state index contributed by atoms with van der Waals surface area (Å²) < 4.78 is 28.4. The number of aromatic nitrogens is 2. The second-order valence-corrected chi connectivity index (χ2v) is 4.98. The number of alkyl halides is 2. The smallest absolute Gasteiger partial charge is 0.387 e. The van der Waals surface area contributed by atoms with Crippen LogP contribution in [0.25, 0.3) is 11.4 Å². The highest BCUT2D eigenvalue weighted by Gasteiger charge is 2.12. The SMILES string of the molecule is CCCc1c(Cl)nc(-c2ccc(OC(F)F)cc2)nc1Cl. The fourth-order valence-electron chi connectivity index (χ4n) is 1.80. The summed E-state index contributed by atoms with van der Waals surface area (Å²) in [4.78, 5) is 8.39. The lowest BCUT2D eigenvalue weighted by atomic mass is 10.2. The third-order valence-corrected chi connectivity index (χ3v) is 3.37. The average molecular weight is 333 g/mol. The summed E-state index contributed by atoms with van der Waals surface area (Å²) in [5.41, 5.74) is 1.32. The highest BCUT2D eigenvalue weighted by atomic mass is 35.5. The molecule has 1 heterocycles. The van der Waals surface area contributed by atoms with Crippen LogP contribution >= 0.6 is 23.2 Å². The molecule has 0 saturated heterocycles. The van der Waals surface area contributed by atoms with Crippen LogP contribution in [-0.2, 0) is 6.42 Å². The number of halogens is 4. The van der Waals surface area contributed by atoms with Gasteiger partial charge >= 0.3 is 6.61 Å². The third kappa shape index (κ3) is 4.02. The molecule has 0 aliphatic heterocycles. The summed E-state index contributed by atoms with van der Waals surface area (Å²) in [6.45, 7) is -0.855. The number of rotatable bonds is 5. The molecule has 0 aliphatic carbocycles. The maximum absolute atomic E-state index is 12.1. The van der Waals surface area contributed by atoms with Crippen molar-refractivity contribution < 1.29 is 13.5 Å². The van der Waals surface area contributed by atoms with Gasteiger partial charge in [0.1, 0.15) is 16.1 Å². The van der Waals surface area contributed by atoms with E-state index in [0.717, 1.165) is 6.42 Å². The molecule has 1 aromatic heterocycles.